The van der Waals surface area contributed by atoms with Crippen LogP contribution in [-0.4, -0.2) is 18.9 Å². The molecule has 0 atom stereocenters. The van der Waals surface area contributed by atoms with E-state index in [-0.39, 0.29) is 23.1 Å². The van der Waals surface area contributed by atoms with Crippen molar-refractivity contribution in [3.8, 4) is 0 Å². The minimum Gasteiger partial charge on any atom is -0.350 e. The normalized spacial score (nSPS) is 11.6. The highest BCUT2D eigenvalue weighted by atomic mass is 32.2. The molecular formula is C25H23FN2O3S. The highest BCUT2D eigenvalue weighted by molar-refractivity contribution is 7.90. The molecule has 0 radical (unpaired) electrons. The van der Waals surface area contributed by atoms with Crippen LogP contribution in [0.3, 0.4) is 0 Å². The molecule has 1 heterocycles. The smallest absolute Gasteiger partial charge is 0.240 e. The standard InChI is InChI=1S/C25H23FN2O3S/c1-18-9-11-19(12-10-18)14-27-25(29)16-28-15-24(22-7-2-3-8-23(22)28)32(30,31)17-20-5-4-6-21(26)13-20/h2-13,15H,14,16-17H2,1H3,(H,27,29). The maximum atomic E-state index is 13.5. The Hall–Kier alpha value is -3.45. The maximum absolute atomic E-state index is 13.5. The summed E-state index contributed by atoms with van der Waals surface area (Å²) in [7, 11) is -3.75. The lowest BCUT2D eigenvalue weighted by molar-refractivity contribution is -0.121. The lowest BCUT2D eigenvalue weighted by Crippen LogP contribution is -2.26. The van der Waals surface area contributed by atoms with Gasteiger partial charge in [0.2, 0.25) is 5.91 Å². The monoisotopic (exact) mass is 450 g/mol. The zero-order valence-corrected chi connectivity index (χ0v) is 18.4. The van der Waals surface area contributed by atoms with E-state index in [4.69, 9.17) is 0 Å². The average Bonchev–Trinajstić information content (AvgIpc) is 3.12. The van der Waals surface area contributed by atoms with Gasteiger partial charge in [-0.15, -0.1) is 0 Å². The van der Waals surface area contributed by atoms with Crippen molar-refractivity contribution in [1.82, 2.24) is 9.88 Å². The quantitative estimate of drug-likeness (QED) is 0.454. The summed E-state index contributed by atoms with van der Waals surface area (Å²) in [6, 6.07) is 20.5. The first-order valence-electron chi connectivity index (χ1n) is 10.2. The lowest BCUT2D eigenvalue weighted by atomic mass is 10.1. The molecule has 0 unspecified atom stereocenters. The van der Waals surface area contributed by atoms with Crippen LogP contribution in [0.4, 0.5) is 4.39 Å². The second-order valence-electron chi connectivity index (χ2n) is 7.79. The Morgan fingerprint density at radius 2 is 1.72 bits per heavy atom. The van der Waals surface area contributed by atoms with Gasteiger partial charge in [-0.2, -0.15) is 0 Å². The van der Waals surface area contributed by atoms with E-state index in [1.54, 1.807) is 34.9 Å². The third kappa shape index (κ3) is 4.89. The van der Waals surface area contributed by atoms with Gasteiger partial charge in [0.05, 0.1) is 10.6 Å². The third-order valence-corrected chi connectivity index (χ3v) is 6.97. The van der Waals surface area contributed by atoms with Gasteiger partial charge in [0.25, 0.3) is 0 Å². The van der Waals surface area contributed by atoms with Crippen molar-refractivity contribution in [3.63, 3.8) is 0 Å². The van der Waals surface area contributed by atoms with Crippen molar-refractivity contribution in [2.45, 2.75) is 30.7 Å². The molecule has 0 aliphatic carbocycles. The number of aromatic nitrogens is 1. The molecule has 4 aromatic rings. The molecule has 7 heteroatoms. The summed E-state index contributed by atoms with van der Waals surface area (Å²) in [4.78, 5) is 12.7. The van der Waals surface area contributed by atoms with Crippen molar-refractivity contribution < 1.29 is 17.6 Å². The van der Waals surface area contributed by atoms with Gasteiger partial charge in [-0.1, -0.05) is 60.2 Å². The van der Waals surface area contributed by atoms with Crippen LogP contribution in [0, 0.1) is 12.7 Å². The van der Waals surface area contributed by atoms with E-state index in [2.05, 4.69) is 5.32 Å². The molecule has 3 aromatic carbocycles. The predicted octanol–water partition coefficient (Wildman–Crippen LogP) is 4.38. The van der Waals surface area contributed by atoms with Gasteiger partial charge in [0.1, 0.15) is 12.4 Å². The summed E-state index contributed by atoms with van der Waals surface area (Å²) >= 11 is 0. The number of para-hydroxylation sites is 1. The van der Waals surface area contributed by atoms with Gasteiger partial charge in [-0.3, -0.25) is 4.79 Å². The summed E-state index contributed by atoms with van der Waals surface area (Å²) in [5.41, 5.74) is 3.15. The molecule has 1 N–H and O–H groups in total. The van der Waals surface area contributed by atoms with Gasteiger partial charge in [-0.05, 0) is 36.2 Å². The van der Waals surface area contributed by atoms with Crippen molar-refractivity contribution in [2.24, 2.45) is 0 Å². The van der Waals surface area contributed by atoms with E-state index < -0.39 is 15.7 Å². The van der Waals surface area contributed by atoms with Gasteiger partial charge in [0, 0.05) is 23.6 Å². The SMILES string of the molecule is Cc1ccc(CNC(=O)Cn2cc(S(=O)(=O)Cc3cccc(F)c3)c3ccccc32)cc1. The van der Waals surface area contributed by atoms with E-state index in [0.29, 0.717) is 23.0 Å². The number of fused-ring (bicyclic) bond motifs is 1. The van der Waals surface area contributed by atoms with E-state index >= 15 is 0 Å². The molecular weight excluding hydrogens is 427 g/mol. The largest absolute Gasteiger partial charge is 0.350 e. The Bertz CT molecular complexity index is 1380. The number of carbonyl (C=O) groups is 1. The molecule has 0 saturated heterocycles. The Labute approximate surface area is 186 Å². The molecule has 0 fully saturated rings. The zero-order chi connectivity index (χ0) is 22.7. The third-order valence-electron chi connectivity index (χ3n) is 5.26. The number of hydrogen-bond acceptors (Lipinski definition) is 3. The topological polar surface area (TPSA) is 68.2 Å². The van der Waals surface area contributed by atoms with E-state index in [1.165, 1.54) is 24.4 Å². The number of halogens is 1. The van der Waals surface area contributed by atoms with Gasteiger partial charge in [0.15, 0.2) is 9.84 Å². The van der Waals surface area contributed by atoms with Crippen molar-refractivity contribution >= 4 is 26.6 Å². The summed E-state index contributed by atoms with van der Waals surface area (Å²) in [5, 5.41) is 3.41. The molecule has 164 valence electrons. The summed E-state index contributed by atoms with van der Waals surface area (Å²) < 4.78 is 41.4. The van der Waals surface area contributed by atoms with Gasteiger partial charge < -0.3 is 9.88 Å². The number of nitrogens with zero attached hydrogens (tertiary/aromatic N) is 1. The highest BCUT2D eigenvalue weighted by Gasteiger charge is 2.22. The maximum Gasteiger partial charge on any atom is 0.240 e. The van der Waals surface area contributed by atoms with Crippen molar-refractivity contribution in [2.75, 3.05) is 0 Å². The number of amides is 1. The predicted molar refractivity (Wildman–Crippen MR) is 122 cm³/mol. The minimum atomic E-state index is -3.75. The molecule has 32 heavy (non-hydrogen) atoms. The van der Waals surface area contributed by atoms with Crippen LogP contribution in [-0.2, 0) is 33.5 Å². The Morgan fingerprint density at radius 1 is 0.969 bits per heavy atom. The number of sulfone groups is 1. The second kappa shape index (κ2) is 8.96. The van der Waals surface area contributed by atoms with E-state index in [9.17, 15) is 17.6 Å². The summed E-state index contributed by atoms with van der Waals surface area (Å²) in [6.07, 6.45) is 1.49. The fraction of sp³-hybridized carbons (Fsp3) is 0.160. The Kier molecular flexibility index (Phi) is 6.10. The van der Waals surface area contributed by atoms with Crippen molar-refractivity contribution in [1.29, 1.82) is 0 Å². The molecule has 1 aromatic heterocycles. The number of carbonyl (C=O) groups excluding carboxylic acids is 1. The number of nitrogens with one attached hydrogen (secondary N) is 1. The van der Waals surface area contributed by atoms with E-state index in [1.807, 2.05) is 31.2 Å². The Morgan fingerprint density at radius 3 is 2.47 bits per heavy atom. The van der Waals surface area contributed by atoms with Crippen LogP contribution in [0.2, 0.25) is 0 Å². The first kappa shape index (κ1) is 21.8. The van der Waals surface area contributed by atoms with Crippen LogP contribution < -0.4 is 5.32 Å². The molecule has 0 bridgehead atoms. The van der Waals surface area contributed by atoms with Crippen LogP contribution in [0.5, 0.6) is 0 Å². The molecule has 4 rings (SSSR count). The number of rotatable bonds is 7. The van der Waals surface area contributed by atoms with Gasteiger partial charge in [-0.25, -0.2) is 12.8 Å². The minimum absolute atomic E-state index is 0.0120. The number of aryl methyl sites for hydroxylation is 1. The first-order valence-corrected chi connectivity index (χ1v) is 11.8. The van der Waals surface area contributed by atoms with Crippen molar-refractivity contribution in [3.05, 3.63) is 102 Å². The summed E-state index contributed by atoms with van der Waals surface area (Å²) in [5.74, 6) is -1.02. The van der Waals surface area contributed by atoms with Crippen LogP contribution in [0.1, 0.15) is 16.7 Å². The van der Waals surface area contributed by atoms with Crippen LogP contribution >= 0.6 is 0 Å². The molecule has 0 spiro atoms. The second-order valence-corrected chi connectivity index (χ2v) is 9.75. The van der Waals surface area contributed by atoms with Crippen LogP contribution in [0.15, 0.2) is 83.9 Å². The number of hydrogen-bond donors (Lipinski definition) is 1. The molecule has 0 aliphatic heterocycles. The summed E-state index contributed by atoms with van der Waals surface area (Å²) in [6.45, 7) is 2.38. The molecule has 1 amide bonds. The first-order chi connectivity index (χ1) is 15.3. The molecule has 5 nitrogen and oxygen atoms in total. The fourth-order valence-corrected chi connectivity index (χ4v) is 5.20. The van der Waals surface area contributed by atoms with E-state index in [0.717, 1.165) is 11.1 Å². The molecule has 0 saturated carbocycles. The molecule has 0 aliphatic rings. The Balaban J connectivity index is 1.57. The highest BCUT2D eigenvalue weighted by Crippen LogP contribution is 2.28. The van der Waals surface area contributed by atoms with Gasteiger partial charge >= 0.3 is 0 Å². The fourth-order valence-electron chi connectivity index (χ4n) is 3.63. The average molecular weight is 451 g/mol. The van der Waals surface area contributed by atoms with Crippen LogP contribution in [0.25, 0.3) is 10.9 Å². The number of benzene rings is 3. The lowest BCUT2D eigenvalue weighted by Gasteiger charge is -2.08. The zero-order valence-electron chi connectivity index (χ0n) is 17.6.